The third kappa shape index (κ3) is 4.84. The second kappa shape index (κ2) is 6.74. The highest BCUT2D eigenvalue weighted by Gasteiger charge is 2.07. The molecule has 0 spiro atoms. The first-order valence-electron chi connectivity index (χ1n) is 5.83. The van der Waals surface area contributed by atoms with E-state index in [4.69, 9.17) is 0 Å². The summed E-state index contributed by atoms with van der Waals surface area (Å²) < 4.78 is 0. The van der Waals surface area contributed by atoms with Crippen LogP contribution in [0.1, 0.15) is 32.3 Å². The Kier molecular flexibility index (Phi) is 5.61. The number of Topliss-reactive ketones (excluding diaryl/α,β-unsaturated/α-hetero) is 1. The molecule has 1 unspecified atom stereocenters. The van der Waals surface area contributed by atoms with Crippen LogP contribution in [-0.2, 0) is 4.79 Å². The van der Waals surface area contributed by atoms with Gasteiger partial charge in [-0.15, -0.1) is 11.8 Å². The molecule has 16 heavy (non-hydrogen) atoms. The van der Waals surface area contributed by atoms with Gasteiger partial charge in [-0.1, -0.05) is 38.0 Å². The molecule has 0 fully saturated rings. The van der Waals surface area contributed by atoms with Crippen LogP contribution in [0.4, 0.5) is 0 Å². The van der Waals surface area contributed by atoms with Crippen LogP contribution in [0.25, 0.3) is 0 Å². The largest absolute Gasteiger partial charge is 0.299 e. The molecule has 1 nitrogen and oxygen atoms in total. The number of benzene rings is 1. The molecule has 1 aromatic carbocycles. The minimum Gasteiger partial charge on any atom is -0.299 e. The highest BCUT2D eigenvalue weighted by molar-refractivity contribution is 8.00. The maximum absolute atomic E-state index is 11.6. The molecule has 0 saturated heterocycles. The fourth-order valence-corrected chi connectivity index (χ4v) is 2.16. The summed E-state index contributed by atoms with van der Waals surface area (Å²) in [6, 6.07) is 8.33. The summed E-state index contributed by atoms with van der Waals surface area (Å²) in [6.07, 6.45) is 1.80. The molecule has 0 aromatic heterocycles. The first-order valence-corrected chi connectivity index (χ1v) is 6.81. The fourth-order valence-electron chi connectivity index (χ4n) is 1.39. The average Bonchev–Trinajstić information content (AvgIpc) is 2.28. The van der Waals surface area contributed by atoms with E-state index < -0.39 is 0 Å². The van der Waals surface area contributed by atoms with E-state index in [0.29, 0.717) is 17.5 Å². The molecule has 0 heterocycles. The van der Waals surface area contributed by atoms with Gasteiger partial charge in [-0.05, 0) is 25.0 Å². The molecule has 0 radical (unpaired) electrons. The summed E-state index contributed by atoms with van der Waals surface area (Å²) >= 11 is 1.64. The zero-order valence-electron chi connectivity index (χ0n) is 10.3. The molecule has 0 bridgehead atoms. The van der Waals surface area contributed by atoms with Gasteiger partial charge in [-0.2, -0.15) is 0 Å². The summed E-state index contributed by atoms with van der Waals surface area (Å²) in [5, 5.41) is 0. The van der Waals surface area contributed by atoms with E-state index in [1.807, 2.05) is 0 Å². The van der Waals surface area contributed by atoms with E-state index in [9.17, 15) is 4.79 Å². The van der Waals surface area contributed by atoms with Crippen molar-refractivity contribution in [2.45, 2.75) is 38.5 Å². The van der Waals surface area contributed by atoms with Crippen molar-refractivity contribution in [2.75, 3.05) is 5.75 Å². The van der Waals surface area contributed by atoms with Crippen molar-refractivity contribution >= 4 is 17.5 Å². The number of ketones is 1. The van der Waals surface area contributed by atoms with Crippen molar-refractivity contribution in [3.05, 3.63) is 29.8 Å². The molecule has 1 rings (SSSR count). The molecular formula is C14H20OS. The first kappa shape index (κ1) is 13.3. The van der Waals surface area contributed by atoms with Crippen molar-refractivity contribution in [3.63, 3.8) is 0 Å². The normalized spacial score (nSPS) is 12.4. The lowest BCUT2D eigenvalue weighted by atomic mass is 10.0. The van der Waals surface area contributed by atoms with E-state index in [-0.39, 0.29) is 0 Å². The van der Waals surface area contributed by atoms with Gasteiger partial charge in [0, 0.05) is 11.3 Å². The Morgan fingerprint density at radius 3 is 2.50 bits per heavy atom. The van der Waals surface area contributed by atoms with Crippen LogP contribution in [0.2, 0.25) is 0 Å². The van der Waals surface area contributed by atoms with Crippen molar-refractivity contribution < 1.29 is 4.79 Å². The lowest BCUT2D eigenvalue weighted by molar-refractivity contribution is -0.117. The average molecular weight is 236 g/mol. The predicted molar refractivity (Wildman–Crippen MR) is 71.0 cm³/mol. The third-order valence-electron chi connectivity index (χ3n) is 2.69. The highest BCUT2D eigenvalue weighted by Crippen LogP contribution is 2.19. The minimum atomic E-state index is 0.361. The van der Waals surface area contributed by atoms with E-state index in [1.54, 1.807) is 11.8 Å². The Morgan fingerprint density at radius 1 is 1.31 bits per heavy atom. The smallest absolute Gasteiger partial charge is 0.143 e. The SMILES string of the molecule is CCC(C)CC(=O)CSc1ccc(C)cc1. The van der Waals surface area contributed by atoms with Gasteiger partial charge in [0.25, 0.3) is 0 Å². The van der Waals surface area contributed by atoms with Crippen molar-refractivity contribution in [3.8, 4) is 0 Å². The predicted octanol–water partition coefficient (Wildman–Crippen LogP) is 4.09. The zero-order valence-corrected chi connectivity index (χ0v) is 11.1. The number of thioether (sulfide) groups is 1. The van der Waals surface area contributed by atoms with E-state index >= 15 is 0 Å². The second-order valence-electron chi connectivity index (χ2n) is 4.36. The molecule has 1 aromatic rings. The molecule has 0 aliphatic rings. The van der Waals surface area contributed by atoms with Gasteiger partial charge in [0.15, 0.2) is 0 Å². The molecule has 0 aliphatic heterocycles. The van der Waals surface area contributed by atoms with Crippen LogP contribution < -0.4 is 0 Å². The van der Waals surface area contributed by atoms with E-state index in [1.165, 1.54) is 10.5 Å². The molecule has 1 atom stereocenters. The summed E-state index contributed by atoms with van der Waals surface area (Å²) in [7, 11) is 0. The van der Waals surface area contributed by atoms with Crippen LogP contribution in [0.5, 0.6) is 0 Å². The maximum atomic E-state index is 11.6. The topological polar surface area (TPSA) is 17.1 Å². The monoisotopic (exact) mass is 236 g/mol. The summed E-state index contributed by atoms with van der Waals surface area (Å²) in [4.78, 5) is 12.8. The lowest BCUT2D eigenvalue weighted by Gasteiger charge is -2.06. The standard InChI is InChI=1S/C14H20OS/c1-4-11(2)9-13(15)10-16-14-7-5-12(3)6-8-14/h5-8,11H,4,9-10H2,1-3H3. The van der Waals surface area contributed by atoms with Crippen LogP contribution in [0.3, 0.4) is 0 Å². The van der Waals surface area contributed by atoms with Gasteiger partial charge < -0.3 is 0 Å². The maximum Gasteiger partial charge on any atom is 0.143 e. The van der Waals surface area contributed by atoms with Crippen LogP contribution in [0.15, 0.2) is 29.2 Å². The van der Waals surface area contributed by atoms with Gasteiger partial charge in [0.2, 0.25) is 0 Å². The van der Waals surface area contributed by atoms with Crippen molar-refractivity contribution in [1.82, 2.24) is 0 Å². The molecular weight excluding hydrogens is 216 g/mol. The number of aryl methyl sites for hydroxylation is 1. The fraction of sp³-hybridized carbons (Fsp3) is 0.500. The Labute approximate surface area is 103 Å². The number of carbonyl (C=O) groups is 1. The van der Waals surface area contributed by atoms with Gasteiger partial charge in [-0.3, -0.25) is 4.79 Å². The summed E-state index contributed by atoms with van der Waals surface area (Å²) in [5.74, 6) is 1.49. The van der Waals surface area contributed by atoms with Gasteiger partial charge in [0.05, 0.1) is 5.75 Å². The molecule has 0 saturated carbocycles. The third-order valence-corrected chi connectivity index (χ3v) is 3.77. The first-order chi connectivity index (χ1) is 7.61. The van der Waals surface area contributed by atoms with Crippen LogP contribution >= 0.6 is 11.8 Å². The molecule has 0 amide bonds. The Hall–Kier alpha value is -0.760. The van der Waals surface area contributed by atoms with Gasteiger partial charge in [-0.25, -0.2) is 0 Å². The van der Waals surface area contributed by atoms with Crippen molar-refractivity contribution in [2.24, 2.45) is 5.92 Å². The quantitative estimate of drug-likeness (QED) is 0.692. The molecule has 2 heteroatoms. The van der Waals surface area contributed by atoms with Gasteiger partial charge >= 0.3 is 0 Å². The summed E-state index contributed by atoms with van der Waals surface area (Å²) in [6.45, 7) is 6.34. The second-order valence-corrected chi connectivity index (χ2v) is 5.41. The minimum absolute atomic E-state index is 0.361. The molecule has 0 N–H and O–H groups in total. The highest BCUT2D eigenvalue weighted by atomic mass is 32.2. The van der Waals surface area contributed by atoms with Crippen LogP contribution in [0, 0.1) is 12.8 Å². The Bertz CT molecular complexity index is 329. The zero-order chi connectivity index (χ0) is 12.0. The summed E-state index contributed by atoms with van der Waals surface area (Å²) in [5.41, 5.74) is 1.26. The molecule has 0 aliphatic carbocycles. The molecule has 88 valence electrons. The van der Waals surface area contributed by atoms with E-state index in [0.717, 1.165) is 12.8 Å². The number of rotatable bonds is 6. The number of hydrogen-bond donors (Lipinski definition) is 0. The lowest BCUT2D eigenvalue weighted by Crippen LogP contribution is -2.06. The Balaban J connectivity index is 2.34. The number of carbonyl (C=O) groups excluding carboxylic acids is 1. The van der Waals surface area contributed by atoms with Crippen molar-refractivity contribution in [1.29, 1.82) is 0 Å². The van der Waals surface area contributed by atoms with Gasteiger partial charge in [0.1, 0.15) is 5.78 Å². The van der Waals surface area contributed by atoms with E-state index in [2.05, 4.69) is 45.0 Å². The van der Waals surface area contributed by atoms with Crippen LogP contribution in [-0.4, -0.2) is 11.5 Å². The number of hydrogen-bond acceptors (Lipinski definition) is 2. The Morgan fingerprint density at radius 2 is 1.94 bits per heavy atom.